The molecule has 0 unspecified atom stereocenters. The largest absolute Gasteiger partial charge is 0.294 e. The molecule has 3 rings (SSSR count). The Morgan fingerprint density at radius 1 is 0.952 bits per heavy atom. The normalized spacial score (nSPS) is 10.5. The first-order chi connectivity index (χ1) is 10.3. The second kappa shape index (κ2) is 6.00. The zero-order valence-electron chi connectivity index (χ0n) is 11.2. The van der Waals surface area contributed by atoms with Crippen molar-refractivity contribution < 1.29 is 4.79 Å². The molecular formula is C16H14N4O. The van der Waals surface area contributed by atoms with Crippen LogP contribution >= 0.6 is 0 Å². The van der Waals surface area contributed by atoms with Gasteiger partial charge in [-0.1, -0.05) is 60.7 Å². The molecule has 2 aromatic carbocycles. The van der Waals surface area contributed by atoms with E-state index in [-0.39, 0.29) is 5.91 Å². The van der Waals surface area contributed by atoms with Crippen molar-refractivity contribution in [2.24, 2.45) is 0 Å². The number of H-pyrrole nitrogens is 1. The molecule has 5 heteroatoms. The highest BCUT2D eigenvalue weighted by atomic mass is 16.2. The number of carbonyl (C=O) groups is 1. The Balaban J connectivity index is 1.95. The van der Waals surface area contributed by atoms with Crippen molar-refractivity contribution in [3.8, 4) is 0 Å². The van der Waals surface area contributed by atoms with Gasteiger partial charge in [0, 0.05) is 0 Å². The highest BCUT2D eigenvalue weighted by Crippen LogP contribution is 2.25. The van der Waals surface area contributed by atoms with E-state index in [0.717, 1.165) is 11.1 Å². The highest BCUT2D eigenvalue weighted by Gasteiger charge is 2.23. The van der Waals surface area contributed by atoms with Crippen molar-refractivity contribution >= 4 is 11.9 Å². The third kappa shape index (κ3) is 2.97. The van der Waals surface area contributed by atoms with Gasteiger partial charge in [-0.15, -0.1) is 0 Å². The summed E-state index contributed by atoms with van der Waals surface area (Å²) in [4.78, 5) is 16.5. The van der Waals surface area contributed by atoms with Crippen molar-refractivity contribution in [1.29, 1.82) is 0 Å². The lowest BCUT2D eigenvalue weighted by Crippen LogP contribution is -2.22. The minimum atomic E-state index is -0.391. The summed E-state index contributed by atoms with van der Waals surface area (Å²) in [5, 5.41) is 9.11. The highest BCUT2D eigenvalue weighted by molar-refractivity contribution is 5.96. The van der Waals surface area contributed by atoms with Crippen LogP contribution in [0.1, 0.15) is 17.0 Å². The lowest BCUT2D eigenvalue weighted by atomic mass is 9.90. The molecule has 0 radical (unpaired) electrons. The smallest absolute Gasteiger partial charge is 0.238 e. The van der Waals surface area contributed by atoms with Gasteiger partial charge in [0.25, 0.3) is 0 Å². The molecule has 1 amide bonds. The van der Waals surface area contributed by atoms with Crippen LogP contribution in [0.15, 0.2) is 67.0 Å². The number of hydrogen-bond acceptors (Lipinski definition) is 3. The van der Waals surface area contributed by atoms with Gasteiger partial charge in [-0.05, 0) is 11.1 Å². The van der Waals surface area contributed by atoms with E-state index in [1.54, 1.807) is 0 Å². The Hall–Kier alpha value is -2.95. The molecule has 104 valence electrons. The van der Waals surface area contributed by atoms with Gasteiger partial charge in [0.15, 0.2) is 0 Å². The van der Waals surface area contributed by atoms with Gasteiger partial charge >= 0.3 is 0 Å². The summed E-state index contributed by atoms with van der Waals surface area (Å²) in [6.07, 6.45) is 1.36. The van der Waals surface area contributed by atoms with Crippen molar-refractivity contribution in [3.63, 3.8) is 0 Å². The molecule has 0 spiro atoms. The zero-order valence-corrected chi connectivity index (χ0v) is 11.2. The molecule has 21 heavy (non-hydrogen) atoms. The quantitative estimate of drug-likeness (QED) is 0.770. The lowest BCUT2D eigenvalue weighted by molar-refractivity contribution is -0.116. The van der Waals surface area contributed by atoms with Crippen LogP contribution in [0.5, 0.6) is 0 Å². The van der Waals surface area contributed by atoms with Gasteiger partial charge < -0.3 is 0 Å². The second-order valence-corrected chi connectivity index (χ2v) is 4.58. The molecule has 1 aromatic heterocycles. The molecule has 0 saturated heterocycles. The number of aromatic nitrogens is 3. The SMILES string of the molecule is O=C(Nc1ncn[nH]1)C(c1ccccc1)c1ccccc1. The molecule has 0 aliphatic heterocycles. The summed E-state index contributed by atoms with van der Waals surface area (Å²) in [5.41, 5.74) is 1.86. The topological polar surface area (TPSA) is 70.7 Å². The summed E-state index contributed by atoms with van der Waals surface area (Å²) in [7, 11) is 0. The Bertz CT molecular complexity index is 656. The number of anilines is 1. The number of nitrogens with one attached hydrogen (secondary N) is 2. The number of nitrogens with zero attached hydrogens (tertiary/aromatic N) is 2. The maximum atomic E-state index is 12.6. The average Bonchev–Trinajstić information content (AvgIpc) is 3.02. The standard InChI is InChI=1S/C16H14N4O/c21-15(19-16-17-11-18-20-16)14(12-7-3-1-4-8-12)13-9-5-2-6-10-13/h1-11,14H,(H2,17,18,19,20,21). The molecule has 0 aliphatic rings. The summed E-state index contributed by atoms with van der Waals surface area (Å²) in [6, 6.07) is 19.3. The van der Waals surface area contributed by atoms with Crippen molar-refractivity contribution in [2.75, 3.05) is 5.32 Å². The van der Waals surface area contributed by atoms with Crippen LogP contribution in [0.2, 0.25) is 0 Å². The molecule has 2 N–H and O–H groups in total. The first-order valence-electron chi connectivity index (χ1n) is 6.61. The van der Waals surface area contributed by atoms with Crippen LogP contribution in [0, 0.1) is 0 Å². The molecule has 0 bridgehead atoms. The maximum absolute atomic E-state index is 12.6. The van der Waals surface area contributed by atoms with E-state index in [1.165, 1.54) is 6.33 Å². The fourth-order valence-corrected chi connectivity index (χ4v) is 2.24. The van der Waals surface area contributed by atoms with E-state index in [9.17, 15) is 4.79 Å². The monoisotopic (exact) mass is 278 g/mol. The van der Waals surface area contributed by atoms with Crippen LogP contribution < -0.4 is 5.32 Å². The Morgan fingerprint density at radius 2 is 1.52 bits per heavy atom. The van der Waals surface area contributed by atoms with E-state index >= 15 is 0 Å². The van der Waals surface area contributed by atoms with Gasteiger partial charge in [-0.3, -0.25) is 10.1 Å². The van der Waals surface area contributed by atoms with E-state index in [2.05, 4.69) is 20.5 Å². The lowest BCUT2D eigenvalue weighted by Gasteiger charge is -2.16. The van der Waals surface area contributed by atoms with Crippen LogP contribution in [0.25, 0.3) is 0 Å². The number of carbonyl (C=O) groups excluding carboxylic acids is 1. The van der Waals surface area contributed by atoms with E-state index in [4.69, 9.17) is 0 Å². The Morgan fingerprint density at radius 3 is 2.00 bits per heavy atom. The summed E-state index contributed by atoms with van der Waals surface area (Å²) < 4.78 is 0. The van der Waals surface area contributed by atoms with Gasteiger partial charge in [0.2, 0.25) is 11.9 Å². The van der Waals surface area contributed by atoms with Gasteiger partial charge in [-0.2, -0.15) is 10.1 Å². The molecule has 0 saturated carbocycles. The summed E-state index contributed by atoms with van der Waals surface area (Å²) in [5.74, 6) is -0.196. The van der Waals surface area contributed by atoms with Gasteiger partial charge in [-0.25, -0.2) is 5.10 Å². The molecule has 0 fully saturated rings. The first kappa shape index (κ1) is 13.1. The second-order valence-electron chi connectivity index (χ2n) is 4.58. The molecule has 5 nitrogen and oxygen atoms in total. The van der Waals surface area contributed by atoms with Crippen LogP contribution in [-0.4, -0.2) is 21.1 Å². The Labute approximate surface area is 122 Å². The van der Waals surface area contributed by atoms with Crippen molar-refractivity contribution in [1.82, 2.24) is 15.2 Å². The van der Waals surface area contributed by atoms with Crippen LogP contribution in [0.4, 0.5) is 5.95 Å². The summed E-state index contributed by atoms with van der Waals surface area (Å²) >= 11 is 0. The fraction of sp³-hybridized carbons (Fsp3) is 0.0625. The molecule has 0 atom stereocenters. The first-order valence-corrected chi connectivity index (χ1v) is 6.61. The molecular weight excluding hydrogens is 264 g/mol. The van der Waals surface area contributed by atoms with Gasteiger partial charge in [0.1, 0.15) is 6.33 Å². The van der Waals surface area contributed by atoms with Crippen molar-refractivity contribution in [3.05, 3.63) is 78.1 Å². The van der Waals surface area contributed by atoms with Gasteiger partial charge in [0.05, 0.1) is 5.92 Å². The number of hydrogen-bond donors (Lipinski definition) is 2. The molecule has 3 aromatic rings. The number of aromatic amines is 1. The van der Waals surface area contributed by atoms with E-state index in [0.29, 0.717) is 5.95 Å². The Kier molecular flexibility index (Phi) is 3.73. The van der Waals surface area contributed by atoms with Crippen LogP contribution in [-0.2, 0) is 4.79 Å². The third-order valence-corrected chi connectivity index (χ3v) is 3.18. The number of rotatable bonds is 4. The minimum Gasteiger partial charge on any atom is -0.294 e. The number of amides is 1. The molecule has 1 heterocycles. The van der Waals surface area contributed by atoms with E-state index in [1.807, 2.05) is 60.7 Å². The zero-order chi connectivity index (χ0) is 14.5. The average molecular weight is 278 g/mol. The fourth-order valence-electron chi connectivity index (χ4n) is 2.24. The summed E-state index contributed by atoms with van der Waals surface area (Å²) in [6.45, 7) is 0. The van der Waals surface area contributed by atoms with Crippen molar-refractivity contribution in [2.45, 2.75) is 5.92 Å². The predicted octanol–water partition coefficient (Wildman–Crippen LogP) is 2.58. The maximum Gasteiger partial charge on any atom is 0.238 e. The minimum absolute atomic E-state index is 0.149. The van der Waals surface area contributed by atoms with Crippen LogP contribution in [0.3, 0.4) is 0 Å². The molecule has 0 aliphatic carbocycles. The third-order valence-electron chi connectivity index (χ3n) is 3.18. The van der Waals surface area contributed by atoms with E-state index < -0.39 is 5.92 Å². The predicted molar refractivity (Wildman–Crippen MR) is 79.7 cm³/mol. The number of benzene rings is 2.